The van der Waals surface area contributed by atoms with Crippen LogP contribution in [0.25, 0.3) is 0 Å². The highest BCUT2D eigenvalue weighted by Gasteiger charge is 2.44. The molecule has 2 fully saturated rings. The van der Waals surface area contributed by atoms with Crippen molar-refractivity contribution in [2.24, 2.45) is 11.1 Å². The highest BCUT2D eigenvalue weighted by Crippen LogP contribution is 2.43. The Morgan fingerprint density at radius 1 is 1.37 bits per heavy atom. The van der Waals surface area contributed by atoms with E-state index in [-0.39, 0.29) is 11.0 Å². The second kappa shape index (κ2) is 6.11. The van der Waals surface area contributed by atoms with E-state index in [1.165, 1.54) is 45.1 Å². The SMILES string of the molecule is CCCN(CC(C)(C)CN)C1CCOC2(CCC2)C1. The molecule has 1 aliphatic heterocycles. The molecule has 2 aliphatic rings. The van der Waals surface area contributed by atoms with E-state index in [0.29, 0.717) is 6.04 Å². The van der Waals surface area contributed by atoms with Gasteiger partial charge in [0.15, 0.2) is 0 Å². The van der Waals surface area contributed by atoms with Crippen molar-refractivity contribution in [3.05, 3.63) is 0 Å². The van der Waals surface area contributed by atoms with Crippen LogP contribution < -0.4 is 5.73 Å². The van der Waals surface area contributed by atoms with Gasteiger partial charge in [-0.3, -0.25) is 4.90 Å². The average molecular weight is 268 g/mol. The Kier molecular flexibility index (Phi) is 4.91. The second-order valence-electron chi connectivity index (χ2n) is 7.37. The minimum atomic E-state index is 0.222. The van der Waals surface area contributed by atoms with Crippen LogP contribution in [0.15, 0.2) is 0 Å². The first-order valence-electron chi connectivity index (χ1n) is 8.08. The smallest absolute Gasteiger partial charge is 0.0697 e. The Balaban J connectivity index is 1.97. The van der Waals surface area contributed by atoms with E-state index < -0.39 is 0 Å². The number of rotatable bonds is 6. The molecule has 2 rings (SSSR count). The number of hydrogen-bond acceptors (Lipinski definition) is 3. The van der Waals surface area contributed by atoms with Crippen LogP contribution in [-0.2, 0) is 4.74 Å². The van der Waals surface area contributed by atoms with Crippen molar-refractivity contribution in [1.82, 2.24) is 4.90 Å². The lowest BCUT2D eigenvalue weighted by atomic mass is 9.73. The molecule has 0 amide bonds. The molecule has 112 valence electrons. The third-order valence-corrected chi connectivity index (χ3v) is 4.94. The van der Waals surface area contributed by atoms with E-state index in [2.05, 4.69) is 25.7 Å². The molecule has 1 aliphatic carbocycles. The summed E-state index contributed by atoms with van der Waals surface area (Å²) in [5.74, 6) is 0. The molecule has 1 unspecified atom stereocenters. The lowest BCUT2D eigenvalue weighted by Gasteiger charge is -2.50. The van der Waals surface area contributed by atoms with Crippen LogP contribution >= 0.6 is 0 Å². The van der Waals surface area contributed by atoms with Crippen molar-refractivity contribution < 1.29 is 4.74 Å². The molecule has 0 aromatic rings. The Morgan fingerprint density at radius 3 is 2.63 bits per heavy atom. The second-order valence-corrected chi connectivity index (χ2v) is 7.37. The predicted molar refractivity (Wildman–Crippen MR) is 80.3 cm³/mol. The zero-order valence-corrected chi connectivity index (χ0v) is 13.1. The average Bonchev–Trinajstić information content (AvgIpc) is 2.36. The van der Waals surface area contributed by atoms with Gasteiger partial charge in [-0.15, -0.1) is 0 Å². The lowest BCUT2D eigenvalue weighted by Crippen LogP contribution is -2.54. The van der Waals surface area contributed by atoms with Crippen LogP contribution in [0.5, 0.6) is 0 Å². The Morgan fingerprint density at radius 2 is 2.11 bits per heavy atom. The molecule has 1 heterocycles. The number of nitrogens with zero attached hydrogens (tertiary/aromatic N) is 1. The Labute approximate surface area is 118 Å². The molecule has 1 spiro atoms. The predicted octanol–water partition coefficient (Wildman–Crippen LogP) is 2.79. The maximum atomic E-state index is 6.07. The summed E-state index contributed by atoms with van der Waals surface area (Å²) >= 11 is 0. The van der Waals surface area contributed by atoms with E-state index in [9.17, 15) is 0 Å². The van der Waals surface area contributed by atoms with Crippen LogP contribution in [0.1, 0.15) is 59.3 Å². The summed E-state index contributed by atoms with van der Waals surface area (Å²) in [4.78, 5) is 2.69. The van der Waals surface area contributed by atoms with Crippen molar-refractivity contribution in [3.8, 4) is 0 Å². The summed E-state index contributed by atoms with van der Waals surface area (Å²) in [7, 11) is 0. The number of nitrogens with two attached hydrogens (primary N) is 1. The normalized spacial score (nSPS) is 26.7. The lowest BCUT2D eigenvalue weighted by molar-refractivity contribution is -0.150. The monoisotopic (exact) mass is 268 g/mol. The van der Waals surface area contributed by atoms with Crippen LogP contribution in [0.3, 0.4) is 0 Å². The van der Waals surface area contributed by atoms with Crippen molar-refractivity contribution in [1.29, 1.82) is 0 Å². The van der Waals surface area contributed by atoms with E-state index in [1.807, 2.05) is 0 Å². The fourth-order valence-electron chi connectivity index (χ4n) is 3.53. The third-order valence-electron chi connectivity index (χ3n) is 4.94. The van der Waals surface area contributed by atoms with Crippen molar-refractivity contribution in [3.63, 3.8) is 0 Å². The van der Waals surface area contributed by atoms with Gasteiger partial charge in [0.1, 0.15) is 0 Å². The van der Waals surface area contributed by atoms with Crippen molar-refractivity contribution >= 4 is 0 Å². The quantitative estimate of drug-likeness (QED) is 0.805. The Hall–Kier alpha value is -0.120. The topological polar surface area (TPSA) is 38.5 Å². The van der Waals surface area contributed by atoms with Crippen LogP contribution in [-0.4, -0.2) is 42.8 Å². The van der Waals surface area contributed by atoms with Gasteiger partial charge in [0.25, 0.3) is 0 Å². The fourth-order valence-corrected chi connectivity index (χ4v) is 3.53. The van der Waals surface area contributed by atoms with Crippen LogP contribution in [0, 0.1) is 5.41 Å². The summed E-state index contributed by atoms with van der Waals surface area (Å²) in [5, 5.41) is 0. The molecule has 1 saturated carbocycles. The molecule has 0 bridgehead atoms. The number of ether oxygens (including phenoxy) is 1. The molecule has 0 aromatic heterocycles. The molecule has 0 aromatic carbocycles. The minimum absolute atomic E-state index is 0.222. The van der Waals surface area contributed by atoms with E-state index in [0.717, 1.165) is 19.7 Å². The molecule has 19 heavy (non-hydrogen) atoms. The first kappa shape index (κ1) is 15.3. The maximum Gasteiger partial charge on any atom is 0.0697 e. The number of hydrogen-bond donors (Lipinski definition) is 1. The standard InChI is InChI=1S/C16H32N2O/c1-4-9-18(13-15(2,3)12-17)14-6-10-19-16(11-14)7-5-8-16/h14H,4-13,17H2,1-3H3. The molecular formula is C16H32N2O. The van der Waals surface area contributed by atoms with Gasteiger partial charge in [-0.05, 0) is 57.0 Å². The van der Waals surface area contributed by atoms with E-state index in [1.54, 1.807) is 0 Å². The molecule has 0 radical (unpaired) electrons. The summed E-state index contributed by atoms with van der Waals surface area (Å²) in [5.41, 5.74) is 6.39. The Bertz CT molecular complexity index is 286. The highest BCUT2D eigenvalue weighted by atomic mass is 16.5. The molecule has 3 heteroatoms. The fraction of sp³-hybridized carbons (Fsp3) is 1.00. The summed E-state index contributed by atoms with van der Waals surface area (Å²) in [6.07, 6.45) is 7.59. The van der Waals surface area contributed by atoms with E-state index in [4.69, 9.17) is 10.5 Å². The molecule has 3 nitrogen and oxygen atoms in total. The first-order valence-corrected chi connectivity index (χ1v) is 8.08. The summed E-state index contributed by atoms with van der Waals surface area (Å²) < 4.78 is 6.07. The zero-order valence-electron chi connectivity index (χ0n) is 13.1. The van der Waals surface area contributed by atoms with Crippen LogP contribution in [0.4, 0.5) is 0 Å². The van der Waals surface area contributed by atoms with Gasteiger partial charge in [-0.1, -0.05) is 20.8 Å². The first-order chi connectivity index (χ1) is 9.00. The molecular weight excluding hydrogens is 236 g/mol. The third kappa shape index (κ3) is 3.71. The van der Waals surface area contributed by atoms with Gasteiger partial charge >= 0.3 is 0 Å². The van der Waals surface area contributed by atoms with Gasteiger partial charge in [0.05, 0.1) is 5.60 Å². The molecule has 1 atom stereocenters. The van der Waals surface area contributed by atoms with Gasteiger partial charge in [-0.2, -0.15) is 0 Å². The molecule has 1 saturated heterocycles. The highest BCUT2D eigenvalue weighted by molar-refractivity contribution is 4.97. The van der Waals surface area contributed by atoms with Crippen molar-refractivity contribution in [2.45, 2.75) is 70.9 Å². The zero-order chi connectivity index (χ0) is 13.9. The van der Waals surface area contributed by atoms with Gasteiger partial charge in [0, 0.05) is 19.2 Å². The van der Waals surface area contributed by atoms with E-state index >= 15 is 0 Å². The largest absolute Gasteiger partial charge is 0.375 e. The van der Waals surface area contributed by atoms with Gasteiger partial charge < -0.3 is 10.5 Å². The minimum Gasteiger partial charge on any atom is -0.375 e. The summed E-state index contributed by atoms with van der Waals surface area (Å²) in [6.45, 7) is 10.9. The maximum absolute atomic E-state index is 6.07. The van der Waals surface area contributed by atoms with Crippen LogP contribution in [0.2, 0.25) is 0 Å². The van der Waals surface area contributed by atoms with Crippen molar-refractivity contribution in [2.75, 3.05) is 26.2 Å². The molecule has 2 N–H and O–H groups in total. The van der Waals surface area contributed by atoms with Gasteiger partial charge in [-0.25, -0.2) is 0 Å². The summed E-state index contributed by atoms with van der Waals surface area (Å²) in [6, 6.07) is 0.708. The van der Waals surface area contributed by atoms with Gasteiger partial charge in [0.2, 0.25) is 0 Å².